The molecule has 0 aliphatic carbocycles. The van der Waals surface area contributed by atoms with Gasteiger partial charge in [-0.3, -0.25) is 0 Å². The van der Waals surface area contributed by atoms with E-state index >= 15 is 0 Å². The maximum absolute atomic E-state index is 9.18. The highest BCUT2D eigenvalue weighted by atomic mass is 16.3. The van der Waals surface area contributed by atoms with Crippen molar-refractivity contribution in [3.63, 3.8) is 0 Å². The van der Waals surface area contributed by atoms with E-state index in [0.717, 1.165) is 22.3 Å². The average molecular weight is 239 g/mol. The number of aliphatic hydroxyl groups excluding tert-OH is 1. The van der Waals surface area contributed by atoms with Crippen molar-refractivity contribution in [2.45, 2.75) is 13.2 Å². The van der Waals surface area contributed by atoms with Crippen LogP contribution in [0.2, 0.25) is 0 Å². The number of benzene rings is 1. The number of aromatic nitrogens is 3. The molecule has 0 aliphatic rings. The van der Waals surface area contributed by atoms with Crippen molar-refractivity contribution in [3.05, 3.63) is 60.3 Å². The molecule has 0 radical (unpaired) electrons. The van der Waals surface area contributed by atoms with E-state index in [4.69, 9.17) is 0 Å². The van der Waals surface area contributed by atoms with Crippen molar-refractivity contribution in [2.75, 3.05) is 0 Å². The third-order valence-electron chi connectivity index (χ3n) is 2.95. The first-order valence-electron chi connectivity index (χ1n) is 5.81. The Bertz CT molecular complexity index is 661. The molecule has 0 aliphatic heterocycles. The van der Waals surface area contributed by atoms with Gasteiger partial charge < -0.3 is 9.67 Å². The molecular weight excluding hydrogens is 226 g/mol. The van der Waals surface area contributed by atoms with Crippen LogP contribution in [0.1, 0.15) is 11.4 Å². The third kappa shape index (κ3) is 1.98. The molecule has 0 unspecified atom stereocenters. The minimum atomic E-state index is 0.0585. The topological polar surface area (TPSA) is 50.9 Å². The molecule has 4 heteroatoms. The Balaban J connectivity index is 2.01. The molecule has 3 rings (SSSR count). The second-order valence-corrected chi connectivity index (χ2v) is 4.16. The molecule has 3 aromatic rings. The molecule has 4 nitrogen and oxygen atoms in total. The van der Waals surface area contributed by atoms with Crippen molar-refractivity contribution in [1.29, 1.82) is 0 Å². The molecule has 0 bridgehead atoms. The summed E-state index contributed by atoms with van der Waals surface area (Å²) in [6, 6.07) is 9.81. The molecule has 90 valence electrons. The van der Waals surface area contributed by atoms with Crippen LogP contribution in [0.5, 0.6) is 0 Å². The molecule has 1 aromatic carbocycles. The quantitative estimate of drug-likeness (QED) is 0.760. The van der Waals surface area contributed by atoms with Crippen molar-refractivity contribution >= 4 is 10.9 Å². The molecule has 18 heavy (non-hydrogen) atoms. The Morgan fingerprint density at radius 1 is 1.11 bits per heavy atom. The van der Waals surface area contributed by atoms with Gasteiger partial charge in [0, 0.05) is 24.1 Å². The van der Waals surface area contributed by atoms with E-state index < -0.39 is 0 Å². The number of aliphatic hydroxyl groups is 1. The molecule has 2 aromatic heterocycles. The minimum Gasteiger partial charge on any atom is -0.392 e. The van der Waals surface area contributed by atoms with Gasteiger partial charge in [-0.25, -0.2) is 9.97 Å². The number of hydrogen-bond donors (Lipinski definition) is 1. The summed E-state index contributed by atoms with van der Waals surface area (Å²) in [6.45, 7) is 0.697. The van der Waals surface area contributed by atoms with E-state index in [2.05, 4.69) is 20.6 Å². The Labute approximate surface area is 105 Å². The SMILES string of the molecule is OCc1ccc2ccn(Cc3ncccn3)c2c1. The van der Waals surface area contributed by atoms with Gasteiger partial charge in [0.15, 0.2) is 0 Å². The zero-order valence-corrected chi connectivity index (χ0v) is 9.82. The van der Waals surface area contributed by atoms with E-state index in [1.807, 2.05) is 24.4 Å². The minimum absolute atomic E-state index is 0.0585. The van der Waals surface area contributed by atoms with Gasteiger partial charge in [0.05, 0.1) is 13.2 Å². The maximum Gasteiger partial charge on any atom is 0.147 e. The fourth-order valence-corrected chi connectivity index (χ4v) is 2.03. The zero-order valence-electron chi connectivity index (χ0n) is 9.82. The van der Waals surface area contributed by atoms with Gasteiger partial charge in [-0.15, -0.1) is 0 Å². The molecule has 2 heterocycles. The van der Waals surface area contributed by atoms with Crippen LogP contribution < -0.4 is 0 Å². The number of rotatable bonds is 3. The normalized spacial score (nSPS) is 10.9. The fourth-order valence-electron chi connectivity index (χ4n) is 2.03. The zero-order chi connectivity index (χ0) is 12.4. The van der Waals surface area contributed by atoms with E-state index in [0.29, 0.717) is 6.54 Å². The summed E-state index contributed by atoms with van der Waals surface area (Å²) in [7, 11) is 0. The first kappa shape index (κ1) is 10.9. The Morgan fingerprint density at radius 2 is 1.94 bits per heavy atom. The van der Waals surface area contributed by atoms with Crippen molar-refractivity contribution < 1.29 is 5.11 Å². The lowest BCUT2D eigenvalue weighted by atomic mass is 10.2. The van der Waals surface area contributed by atoms with Crippen molar-refractivity contribution in [3.8, 4) is 0 Å². The molecule has 0 saturated heterocycles. The standard InChI is InChI=1S/C14H13N3O/c18-10-11-2-3-12-4-7-17(13(12)8-11)9-14-15-5-1-6-16-14/h1-8,18H,9-10H2. The van der Waals surface area contributed by atoms with Crippen LogP contribution >= 0.6 is 0 Å². The molecule has 0 amide bonds. The number of fused-ring (bicyclic) bond motifs is 1. The Hall–Kier alpha value is -2.20. The summed E-state index contributed by atoms with van der Waals surface area (Å²) in [5, 5.41) is 10.3. The van der Waals surface area contributed by atoms with Gasteiger partial charge >= 0.3 is 0 Å². The van der Waals surface area contributed by atoms with Gasteiger partial charge in [0.1, 0.15) is 5.82 Å². The number of nitrogens with zero attached hydrogens (tertiary/aromatic N) is 3. The largest absolute Gasteiger partial charge is 0.392 e. The summed E-state index contributed by atoms with van der Waals surface area (Å²) in [5.74, 6) is 0.782. The van der Waals surface area contributed by atoms with Crippen LogP contribution in [-0.2, 0) is 13.2 Å². The van der Waals surface area contributed by atoms with Gasteiger partial charge in [0.25, 0.3) is 0 Å². The smallest absolute Gasteiger partial charge is 0.147 e. The van der Waals surface area contributed by atoms with Gasteiger partial charge in [-0.2, -0.15) is 0 Å². The molecule has 1 N–H and O–H groups in total. The number of hydrogen-bond acceptors (Lipinski definition) is 3. The van der Waals surface area contributed by atoms with Crippen LogP contribution in [0.25, 0.3) is 10.9 Å². The second-order valence-electron chi connectivity index (χ2n) is 4.16. The Morgan fingerprint density at radius 3 is 2.72 bits per heavy atom. The van der Waals surface area contributed by atoms with Gasteiger partial charge in [-0.05, 0) is 29.1 Å². The van der Waals surface area contributed by atoms with E-state index in [-0.39, 0.29) is 6.61 Å². The van der Waals surface area contributed by atoms with Crippen molar-refractivity contribution in [2.24, 2.45) is 0 Å². The van der Waals surface area contributed by atoms with Crippen LogP contribution in [0.3, 0.4) is 0 Å². The van der Waals surface area contributed by atoms with E-state index in [1.165, 1.54) is 0 Å². The Kier molecular flexibility index (Phi) is 2.78. The molecule has 0 saturated carbocycles. The highest BCUT2D eigenvalue weighted by Gasteiger charge is 2.04. The lowest BCUT2D eigenvalue weighted by molar-refractivity contribution is 0.282. The predicted molar refractivity (Wildman–Crippen MR) is 69.0 cm³/mol. The van der Waals surface area contributed by atoms with Crippen molar-refractivity contribution in [1.82, 2.24) is 14.5 Å². The summed E-state index contributed by atoms with van der Waals surface area (Å²) in [4.78, 5) is 8.44. The lowest BCUT2D eigenvalue weighted by Crippen LogP contribution is -2.02. The van der Waals surface area contributed by atoms with E-state index in [9.17, 15) is 5.11 Å². The maximum atomic E-state index is 9.18. The van der Waals surface area contributed by atoms with Gasteiger partial charge in [0.2, 0.25) is 0 Å². The third-order valence-corrected chi connectivity index (χ3v) is 2.95. The fraction of sp³-hybridized carbons (Fsp3) is 0.143. The first-order chi connectivity index (χ1) is 8.86. The second kappa shape index (κ2) is 4.58. The molecule has 0 spiro atoms. The highest BCUT2D eigenvalue weighted by molar-refractivity contribution is 5.80. The summed E-state index contributed by atoms with van der Waals surface area (Å²) in [5.41, 5.74) is 2.01. The predicted octanol–water partition coefficient (Wildman–Crippen LogP) is 1.97. The average Bonchev–Trinajstić information content (AvgIpc) is 2.82. The summed E-state index contributed by atoms with van der Waals surface area (Å²) >= 11 is 0. The van der Waals surface area contributed by atoms with Crippen LogP contribution in [0.4, 0.5) is 0 Å². The van der Waals surface area contributed by atoms with E-state index in [1.54, 1.807) is 18.5 Å². The summed E-state index contributed by atoms with van der Waals surface area (Å²) in [6.07, 6.45) is 5.50. The highest BCUT2D eigenvalue weighted by Crippen LogP contribution is 2.18. The lowest BCUT2D eigenvalue weighted by Gasteiger charge is -2.05. The molecular formula is C14H13N3O. The summed E-state index contributed by atoms with van der Waals surface area (Å²) < 4.78 is 2.09. The molecule has 0 fully saturated rings. The van der Waals surface area contributed by atoms with Crippen LogP contribution in [0, 0.1) is 0 Å². The van der Waals surface area contributed by atoms with Gasteiger partial charge in [-0.1, -0.05) is 12.1 Å². The van der Waals surface area contributed by atoms with Crippen LogP contribution in [-0.4, -0.2) is 19.6 Å². The first-order valence-corrected chi connectivity index (χ1v) is 5.81. The monoisotopic (exact) mass is 239 g/mol. The van der Waals surface area contributed by atoms with Crippen LogP contribution in [0.15, 0.2) is 48.9 Å². The molecule has 0 atom stereocenters.